The SMILES string of the molecule is CCNC(=NCC1CC(=O)N(CCc2ccccc2)C1)NCCCn1ccnc1.I. The Morgan fingerprint density at radius 3 is 2.80 bits per heavy atom. The molecule has 1 saturated heterocycles. The van der Waals surface area contributed by atoms with Crippen molar-refractivity contribution in [1.29, 1.82) is 0 Å². The van der Waals surface area contributed by atoms with E-state index in [0.29, 0.717) is 18.9 Å². The van der Waals surface area contributed by atoms with Crippen LogP contribution in [-0.4, -0.2) is 59.0 Å². The number of aryl methyl sites for hydroxylation is 1. The first kappa shape index (κ1) is 24.2. The van der Waals surface area contributed by atoms with Crippen LogP contribution in [0, 0.1) is 5.92 Å². The number of likely N-dealkylation sites (tertiary alicyclic amines) is 1. The van der Waals surface area contributed by atoms with E-state index in [1.54, 1.807) is 6.20 Å². The van der Waals surface area contributed by atoms with Gasteiger partial charge in [-0.3, -0.25) is 9.79 Å². The molecule has 1 aliphatic rings. The number of amides is 1. The molecule has 1 aromatic carbocycles. The topological polar surface area (TPSA) is 74.6 Å². The lowest BCUT2D eigenvalue weighted by atomic mass is 10.1. The Labute approximate surface area is 196 Å². The van der Waals surface area contributed by atoms with E-state index < -0.39 is 0 Å². The summed E-state index contributed by atoms with van der Waals surface area (Å²) in [6.45, 7) is 6.92. The molecule has 8 heteroatoms. The molecular weight excluding hydrogens is 491 g/mol. The highest BCUT2D eigenvalue weighted by atomic mass is 127. The lowest BCUT2D eigenvalue weighted by molar-refractivity contribution is -0.127. The quantitative estimate of drug-likeness (QED) is 0.217. The van der Waals surface area contributed by atoms with Crippen LogP contribution in [0.15, 0.2) is 54.0 Å². The molecule has 1 aromatic heterocycles. The number of guanidine groups is 1. The summed E-state index contributed by atoms with van der Waals surface area (Å²) in [4.78, 5) is 23.1. The van der Waals surface area contributed by atoms with Gasteiger partial charge in [0.15, 0.2) is 5.96 Å². The molecule has 1 atom stereocenters. The zero-order valence-corrected chi connectivity index (χ0v) is 20.0. The lowest BCUT2D eigenvalue weighted by Crippen LogP contribution is -2.38. The fourth-order valence-electron chi connectivity index (χ4n) is 3.55. The molecule has 0 aliphatic carbocycles. The van der Waals surface area contributed by atoms with E-state index in [0.717, 1.165) is 51.5 Å². The van der Waals surface area contributed by atoms with Gasteiger partial charge in [0.25, 0.3) is 0 Å². The molecule has 2 aromatic rings. The van der Waals surface area contributed by atoms with Crippen LogP contribution in [0.5, 0.6) is 0 Å². The summed E-state index contributed by atoms with van der Waals surface area (Å²) in [7, 11) is 0. The van der Waals surface area contributed by atoms with Gasteiger partial charge in [0.05, 0.1) is 6.33 Å². The number of carbonyl (C=O) groups is 1. The van der Waals surface area contributed by atoms with Gasteiger partial charge < -0.3 is 20.1 Å². The molecule has 1 unspecified atom stereocenters. The predicted octanol–water partition coefficient (Wildman–Crippen LogP) is 2.54. The Morgan fingerprint density at radius 2 is 2.07 bits per heavy atom. The maximum Gasteiger partial charge on any atom is 0.223 e. The number of carbonyl (C=O) groups excluding carboxylic acids is 1. The summed E-state index contributed by atoms with van der Waals surface area (Å²) in [5.41, 5.74) is 1.27. The number of imidazole rings is 1. The van der Waals surface area contributed by atoms with Crippen molar-refractivity contribution in [3.8, 4) is 0 Å². The molecule has 0 radical (unpaired) electrons. The lowest BCUT2D eigenvalue weighted by Gasteiger charge is -2.16. The van der Waals surface area contributed by atoms with Crippen molar-refractivity contribution in [2.75, 3.05) is 32.7 Å². The molecule has 1 fully saturated rings. The number of aromatic nitrogens is 2. The molecule has 0 saturated carbocycles. The van der Waals surface area contributed by atoms with E-state index in [1.165, 1.54) is 5.56 Å². The average Bonchev–Trinajstić information content (AvgIpc) is 3.38. The molecule has 1 aliphatic heterocycles. The van der Waals surface area contributed by atoms with E-state index in [2.05, 4.69) is 39.2 Å². The van der Waals surface area contributed by atoms with Crippen LogP contribution in [0.1, 0.15) is 25.3 Å². The second-order valence-corrected chi connectivity index (χ2v) is 7.45. The molecule has 2 N–H and O–H groups in total. The third-order valence-electron chi connectivity index (χ3n) is 5.10. The maximum atomic E-state index is 12.3. The first-order valence-corrected chi connectivity index (χ1v) is 10.5. The molecule has 7 nitrogen and oxygen atoms in total. The van der Waals surface area contributed by atoms with E-state index >= 15 is 0 Å². The molecule has 164 valence electrons. The van der Waals surface area contributed by atoms with Crippen LogP contribution in [0.2, 0.25) is 0 Å². The van der Waals surface area contributed by atoms with Crippen molar-refractivity contribution in [1.82, 2.24) is 25.1 Å². The van der Waals surface area contributed by atoms with Crippen molar-refractivity contribution in [3.63, 3.8) is 0 Å². The van der Waals surface area contributed by atoms with Crippen LogP contribution in [-0.2, 0) is 17.8 Å². The third kappa shape index (κ3) is 7.97. The van der Waals surface area contributed by atoms with Gasteiger partial charge in [0, 0.05) is 64.0 Å². The number of hydrogen-bond donors (Lipinski definition) is 2. The standard InChI is InChI=1S/C22H32N6O.HI/c1-2-24-22(25-10-6-12-27-14-11-23-18-27)26-16-20-15-21(29)28(17-20)13-9-19-7-4-3-5-8-19;/h3-5,7-8,11,14,18,20H,2,6,9-10,12-13,15-17H2,1H3,(H2,24,25,26);1H. The zero-order valence-electron chi connectivity index (χ0n) is 17.7. The van der Waals surface area contributed by atoms with Gasteiger partial charge in [-0.1, -0.05) is 30.3 Å². The Bertz CT molecular complexity index is 765. The molecule has 0 bridgehead atoms. The van der Waals surface area contributed by atoms with E-state index in [9.17, 15) is 4.79 Å². The minimum absolute atomic E-state index is 0. The van der Waals surface area contributed by atoms with Gasteiger partial charge in [-0.15, -0.1) is 24.0 Å². The minimum Gasteiger partial charge on any atom is -0.357 e. The van der Waals surface area contributed by atoms with Gasteiger partial charge in [-0.2, -0.15) is 0 Å². The van der Waals surface area contributed by atoms with Crippen molar-refractivity contribution in [3.05, 3.63) is 54.6 Å². The van der Waals surface area contributed by atoms with Gasteiger partial charge in [-0.05, 0) is 25.3 Å². The number of rotatable bonds is 10. The van der Waals surface area contributed by atoms with Gasteiger partial charge in [-0.25, -0.2) is 4.98 Å². The molecule has 2 heterocycles. The fraction of sp³-hybridized carbons (Fsp3) is 0.500. The summed E-state index contributed by atoms with van der Waals surface area (Å²) in [6.07, 6.45) is 8.10. The monoisotopic (exact) mass is 524 g/mol. The van der Waals surface area contributed by atoms with Crippen molar-refractivity contribution >= 4 is 35.8 Å². The highest BCUT2D eigenvalue weighted by Crippen LogP contribution is 2.18. The van der Waals surface area contributed by atoms with E-state index in [-0.39, 0.29) is 29.9 Å². The average molecular weight is 524 g/mol. The number of aliphatic imine (C=N–C) groups is 1. The Balaban J connectivity index is 0.00000320. The van der Waals surface area contributed by atoms with Gasteiger partial charge in [0.1, 0.15) is 0 Å². The number of halogens is 1. The van der Waals surface area contributed by atoms with Gasteiger partial charge in [0.2, 0.25) is 5.91 Å². The summed E-state index contributed by atoms with van der Waals surface area (Å²) in [6, 6.07) is 10.3. The van der Waals surface area contributed by atoms with Gasteiger partial charge >= 0.3 is 0 Å². The smallest absolute Gasteiger partial charge is 0.223 e. The van der Waals surface area contributed by atoms with E-state index in [1.807, 2.05) is 35.6 Å². The first-order chi connectivity index (χ1) is 14.2. The minimum atomic E-state index is 0. The molecule has 1 amide bonds. The normalized spacial score (nSPS) is 16.4. The highest BCUT2D eigenvalue weighted by molar-refractivity contribution is 14.0. The van der Waals surface area contributed by atoms with Crippen molar-refractivity contribution in [2.24, 2.45) is 10.9 Å². The fourth-order valence-corrected chi connectivity index (χ4v) is 3.55. The molecular formula is C22H33IN6O. The first-order valence-electron chi connectivity index (χ1n) is 10.5. The van der Waals surface area contributed by atoms with Crippen LogP contribution < -0.4 is 10.6 Å². The number of hydrogen-bond acceptors (Lipinski definition) is 3. The van der Waals surface area contributed by atoms with Crippen LogP contribution in [0.4, 0.5) is 0 Å². The molecule has 30 heavy (non-hydrogen) atoms. The molecule has 0 spiro atoms. The summed E-state index contributed by atoms with van der Waals surface area (Å²) < 4.78 is 2.07. The van der Waals surface area contributed by atoms with Crippen molar-refractivity contribution in [2.45, 2.75) is 32.7 Å². The number of benzene rings is 1. The Morgan fingerprint density at radius 1 is 1.23 bits per heavy atom. The number of nitrogens with one attached hydrogen (secondary N) is 2. The maximum absolute atomic E-state index is 12.3. The zero-order chi connectivity index (χ0) is 20.3. The largest absolute Gasteiger partial charge is 0.357 e. The highest BCUT2D eigenvalue weighted by Gasteiger charge is 2.28. The van der Waals surface area contributed by atoms with E-state index in [4.69, 9.17) is 4.99 Å². The Hall–Kier alpha value is -2.10. The summed E-state index contributed by atoms with van der Waals surface area (Å²) >= 11 is 0. The Kier molecular flexibility index (Phi) is 10.7. The second kappa shape index (κ2) is 13.3. The second-order valence-electron chi connectivity index (χ2n) is 7.45. The van der Waals surface area contributed by atoms with Crippen LogP contribution >= 0.6 is 24.0 Å². The predicted molar refractivity (Wildman–Crippen MR) is 131 cm³/mol. The number of nitrogens with zero attached hydrogens (tertiary/aromatic N) is 4. The van der Waals surface area contributed by atoms with Crippen LogP contribution in [0.25, 0.3) is 0 Å². The summed E-state index contributed by atoms with van der Waals surface area (Å²) in [5, 5.41) is 6.67. The molecule has 3 rings (SSSR count). The summed E-state index contributed by atoms with van der Waals surface area (Å²) in [5.74, 6) is 1.37. The third-order valence-corrected chi connectivity index (χ3v) is 5.10. The van der Waals surface area contributed by atoms with Crippen LogP contribution in [0.3, 0.4) is 0 Å². The van der Waals surface area contributed by atoms with Crippen molar-refractivity contribution < 1.29 is 4.79 Å².